The number of likely N-dealkylation sites (N-methyl/N-ethyl adjacent to an activating group) is 1. The van der Waals surface area contributed by atoms with Gasteiger partial charge in [-0.2, -0.15) is 5.26 Å². The van der Waals surface area contributed by atoms with Gasteiger partial charge in [-0.15, -0.1) is 0 Å². The fraction of sp³-hybridized carbons (Fsp3) is 0.917. The Morgan fingerprint density at radius 2 is 1.93 bits per heavy atom. The fourth-order valence-electron chi connectivity index (χ4n) is 2.53. The normalized spacial score (nSPS) is 22.3. The SMILES string of the molecule is CN(C)C[C@@H](O)CC1(C#N)CCCCC1. The average molecular weight is 210 g/mol. The third-order valence-electron chi connectivity index (χ3n) is 3.25. The highest BCUT2D eigenvalue weighted by Gasteiger charge is 2.34. The number of nitrogens with zero attached hydrogens (tertiary/aromatic N) is 2. The monoisotopic (exact) mass is 210 g/mol. The topological polar surface area (TPSA) is 47.3 Å². The lowest BCUT2D eigenvalue weighted by Gasteiger charge is -2.33. The lowest BCUT2D eigenvalue weighted by Crippen LogP contribution is -2.33. The highest BCUT2D eigenvalue weighted by Crippen LogP contribution is 2.39. The van der Waals surface area contributed by atoms with E-state index in [2.05, 4.69) is 6.07 Å². The van der Waals surface area contributed by atoms with E-state index in [0.717, 1.165) is 25.7 Å². The summed E-state index contributed by atoms with van der Waals surface area (Å²) in [5.74, 6) is 0. The molecule has 1 atom stereocenters. The molecule has 3 heteroatoms. The largest absolute Gasteiger partial charge is 0.392 e. The van der Waals surface area contributed by atoms with Gasteiger partial charge >= 0.3 is 0 Å². The molecule has 15 heavy (non-hydrogen) atoms. The van der Waals surface area contributed by atoms with E-state index in [1.54, 1.807) is 0 Å². The first-order valence-electron chi connectivity index (χ1n) is 5.82. The molecule has 0 heterocycles. The van der Waals surface area contributed by atoms with E-state index in [4.69, 9.17) is 0 Å². The second-order valence-electron chi connectivity index (χ2n) is 5.07. The second kappa shape index (κ2) is 5.48. The number of hydrogen-bond donors (Lipinski definition) is 1. The Hall–Kier alpha value is -0.590. The van der Waals surface area contributed by atoms with Crippen LogP contribution in [-0.2, 0) is 0 Å². The van der Waals surface area contributed by atoms with E-state index in [0.29, 0.717) is 13.0 Å². The molecular weight excluding hydrogens is 188 g/mol. The fourth-order valence-corrected chi connectivity index (χ4v) is 2.53. The Bertz CT molecular complexity index is 226. The van der Waals surface area contributed by atoms with E-state index in [-0.39, 0.29) is 11.5 Å². The molecular formula is C12H22N2O. The van der Waals surface area contributed by atoms with Crippen molar-refractivity contribution in [2.45, 2.75) is 44.6 Å². The quantitative estimate of drug-likeness (QED) is 0.769. The minimum absolute atomic E-state index is 0.242. The first kappa shape index (κ1) is 12.5. The van der Waals surface area contributed by atoms with Crippen LogP contribution in [0.1, 0.15) is 38.5 Å². The van der Waals surface area contributed by atoms with Crippen molar-refractivity contribution in [2.24, 2.45) is 5.41 Å². The predicted octanol–water partition coefficient (Wildman–Crippen LogP) is 1.77. The summed E-state index contributed by atoms with van der Waals surface area (Å²) in [4.78, 5) is 1.97. The van der Waals surface area contributed by atoms with Crippen molar-refractivity contribution in [1.29, 1.82) is 5.26 Å². The van der Waals surface area contributed by atoms with E-state index in [1.807, 2.05) is 19.0 Å². The summed E-state index contributed by atoms with van der Waals surface area (Å²) < 4.78 is 0. The summed E-state index contributed by atoms with van der Waals surface area (Å²) >= 11 is 0. The third kappa shape index (κ3) is 3.81. The average Bonchev–Trinajstić information content (AvgIpc) is 2.17. The molecule has 1 aliphatic carbocycles. The van der Waals surface area contributed by atoms with Gasteiger partial charge in [0.15, 0.2) is 0 Å². The van der Waals surface area contributed by atoms with Gasteiger partial charge in [0.25, 0.3) is 0 Å². The molecule has 0 unspecified atom stereocenters. The molecule has 0 aliphatic heterocycles. The predicted molar refractivity (Wildman–Crippen MR) is 60.3 cm³/mol. The molecule has 1 rings (SSSR count). The van der Waals surface area contributed by atoms with Crippen molar-refractivity contribution in [3.63, 3.8) is 0 Å². The van der Waals surface area contributed by atoms with E-state index >= 15 is 0 Å². The Morgan fingerprint density at radius 1 is 1.33 bits per heavy atom. The smallest absolute Gasteiger partial charge is 0.0690 e. The van der Waals surface area contributed by atoms with E-state index in [1.165, 1.54) is 6.42 Å². The summed E-state index contributed by atoms with van der Waals surface area (Å²) in [6, 6.07) is 2.44. The van der Waals surface area contributed by atoms with Crippen LogP contribution in [0.5, 0.6) is 0 Å². The summed E-state index contributed by atoms with van der Waals surface area (Å²) in [5, 5.41) is 19.1. The van der Waals surface area contributed by atoms with Crippen LogP contribution in [0.3, 0.4) is 0 Å². The van der Waals surface area contributed by atoms with Gasteiger partial charge in [-0.1, -0.05) is 19.3 Å². The number of nitriles is 1. The molecule has 0 aromatic carbocycles. The zero-order valence-electron chi connectivity index (χ0n) is 9.87. The molecule has 1 fully saturated rings. The molecule has 1 aliphatic rings. The summed E-state index contributed by atoms with van der Waals surface area (Å²) in [6.45, 7) is 0.656. The minimum atomic E-state index is -0.363. The van der Waals surface area contributed by atoms with Crippen molar-refractivity contribution >= 4 is 0 Å². The number of aliphatic hydroxyl groups is 1. The highest BCUT2D eigenvalue weighted by molar-refractivity contribution is 5.01. The van der Waals surface area contributed by atoms with Crippen LogP contribution >= 0.6 is 0 Å². The maximum atomic E-state index is 9.88. The van der Waals surface area contributed by atoms with Crippen molar-refractivity contribution in [2.75, 3.05) is 20.6 Å². The lowest BCUT2D eigenvalue weighted by molar-refractivity contribution is 0.0794. The molecule has 1 N–H and O–H groups in total. The summed E-state index contributed by atoms with van der Waals surface area (Å²) in [5.41, 5.74) is -0.242. The summed E-state index contributed by atoms with van der Waals surface area (Å²) in [6.07, 6.45) is 5.74. The third-order valence-corrected chi connectivity index (χ3v) is 3.25. The zero-order chi connectivity index (χ0) is 11.3. The van der Waals surface area contributed by atoms with Gasteiger partial charge in [0.1, 0.15) is 0 Å². The summed E-state index contributed by atoms with van der Waals surface area (Å²) in [7, 11) is 3.90. The molecule has 3 nitrogen and oxygen atoms in total. The van der Waals surface area contributed by atoms with Crippen LogP contribution in [0.25, 0.3) is 0 Å². The van der Waals surface area contributed by atoms with Gasteiger partial charge in [0, 0.05) is 6.54 Å². The standard InChI is InChI=1S/C12H22N2O/c1-14(2)9-11(15)8-12(10-13)6-4-3-5-7-12/h11,15H,3-9H2,1-2H3/t11-/m0/s1. The van der Waals surface area contributed by atoms with Gasteiger partial charge in [-0.05, 0) is 33.4 Å². The van der Waals surface area contributed by atoms with Gasteiger partial charge in [-0.25, -0.2) is 0 Å². The molecule has 1 saturated carbocycles. The van der Waals surface area contributed by atoms with Crippen molar-refractivity contribution in [3.8, 4) is 6.07 Å². The highest BCUT2D eigenvalue weighted by atomic mass is 16.3. The number of aliphatic hydroxyl groups excluding tert-OH is 1. The van der Waals surface area contributed by atoms with Crippen molar-refractivity contribution in [3.05, 3.63) is 0 Å². The molecule has 0 amide bonds. The van der Waals surface area contributed by atoms with Gasteiger partial charge in [-0.3, -0.25) is 0 Å². The Kier molecular flexibility index (Phi) is 4.56. The number of hydrogen-bond acceptors (Lipinski definition) is 3. The van der Waals surface area contributed by atoms with Crippen molar-refractivity contribution in [1.82, 2.24) is 4.90 Å². The molecule has 86 valence electrons. The maximum absolute atomic E-state index is 9.88. The van der Waals surface area contributed by atoms with Crippen LogP contribution in [0.2, 0.25) is 0 Å². The molecule has 0 aromatic heterocycles. The molecule has 0 bridgehead atoms. The molecule has 0 saturated heterocycles. The molecule has 0 radical (unpaired) electrons. The Balaban J connectivity index is 2.48. The van der Waals surface area contributed by atoms with Crippen LogP contribution in [0.4, 0.5) is 0 Å². The van der Waals surface area contributed by atoms with Crippen LogP contribution in [-0.4, -0.2) is 36.8 Å². The van der Waals surface area contributed by atoms with Crippen LogP contribution in [0.15, 0.2) is 0 Å². The molecule has 0 spiro atoms. The first-order valence-corrected chi connectivity index (χ1v) is 5.82. The van der Waals surface area contributed by atoms with E-state index in [9.17, 15) is 10.4 Å². The molecule has 0 aromatic rings. The Morgan fingerprint density at radius 3 is 2.40 bits per heavy atom. The lowest BCUT2D eigenvalue weighted by atomic mass is 9.72. The van der Waals surface area contributed by atoms with Gasteiger partial charge in [0.2, 0.25) is 0 Å². The number of rotatable bonds is 4. The van der Waals surface area contributed by atoms with Gasteiger partial charge in [0.05, 0.1) is 17.6 Å². The first-order chi connectivity index (χ1) is 7.08. The van der Waals surface area contributed by atoms with Gasteiger partial charge < -0.3 is 10.0 Å². The Labute approximate surface area is 92.7 Å². The van der Waals surface area contributed by atoms with Crippen LogP contribution in [0, 0.1) is 16.7 Å². The van der Waals surface area contributed by atoms with Crippen LogP contribution < -0.4 is 0 Å². The second-order valence-corrected chi connectivity index (χ2v) is 5.07. The minimum Gasteiger partial charge on any atom is -0.392 e. The van der Waals surface area contributed by atoms with Crippen molar-refractivity contribution < 1.29 is 5.11 Å². The zero-order valence-corrected chi connectivity index (χ0v) is 9.87. The maximum Gasteiger partial charge on any atom is 0.0690 e. The van der Waals surface area contributed by atoms with E-state index < -0.39 is 0 Å².